The van der Waals surface area contributed by atoms with Crippen molar-refractivity contribution in [3.05, 3.63) is 42.1 Å². The summed E-state index contributed by atoms with van der Waals surface area (Å²) in [6.07, 6.45) is 2.67. The van der Waals surface area contributed by atoms with Crippen molar-refractivity contribution in [1.29, 1.82) is 0 Å². The normalized spacial score (nSPS) is 12.8. The van der Waals surface area contributed by atoms with Crippen LogP contribution < -0.4 is 15.2 Å². The van der Waals surface area contributed by atoms with Crippen molar-refractivity contribution < 1.29 is 17.9 Å². The zero-order chi connectivity index (χ0) is 20.5. The maximum Gasteiger partial charge on any atom is 0.267 e. The van der Waals surface area contributed by atoms with Crippen molar-refractivity contribution in [3.8, 4) is 5.88 Å². The number of aromatic nitrogens is 4. The maximum absolute atomic E-state index is 12.7. The van der Waals surface area contributed by atoms with E-state index in [-0.39, 0.29) is 10.6 Å². The molecule has 3 heterocycles. The minimum absolute atomic E-state index is 0.0128. The van der Waals surface area contributed by atoms with Gasteiger partial charge >= 0.3 is 0 Å². The Balaban J connectivity index is 1.93. The average Bonchev–Trinajstić information content (AvgIpc) is 3.05. The molecule has 1 amide bonds. The fraction of sp³-hybridized carbons (Fsp3) is 0.294. The highest BCUT2D eigenvalue weighted by Crippen LogP contribution is 2.24. The van der Waals surface area contributed by atoms with Crippen molar-refractivity contribution >= 4 is 27.0 Å². The van der Waals surface area contributed by atoms with Crippen molar-refractivity contribution in [2.75, 3.05) is 7.11 Å². The Kier molecular flexibility index (Phi) is 5.29. The third-order valence-electron chi connectivity index (χ3n) is 4.18. The molecule has 148 valence electrons. The average molecular weight is 404 g/mol. The first kappa shape index (κ1) is 19.7. The van der Waals surface area contributed by atoms with Crippen LogP contribution in [0.15, 0.2) is 35.5 Å². The molecule has 1 atom stereocenters. The van der Waals surface area contributed by atoms with Crippen molar-refractivity contribution in [1.82, 2.24) is 24.2 Å². The van der Waals surface area contributed by atoms with Crippen molar-refractivity contribution in [3.63, 3.8) is 0 Å². The molecule has 0 aromatic carbocycles. The summed E-state index contributed by atoms with van der Waals surface area (Å²) in [5.74, 6) is 0.256. The molecule has 0 unspecified atom stereocenters. The Bertz CT molecular complexity index is 1120. The van der Waals surface area contributed by atoms with E-state index in [1.807, 2.05) is 11.5 Å². The van der Waals surface area contributed by atoms with Crippen LogP contribution in [0, 0.1) is 0 Å². The standard InChI is InChI=1S/C17H20N6O4S/c1-4-23-14-7-15(27-3)20-9-13(14)21-17(23)10(2)22-28(25,26)11-5-6-12(16(18)24)19-8-11/h5-10,22H,4H2,1-3H3,(H2,18,24)/t10-/m1/s1. The van der Waals surface area contributed by atoms with Crippen LogP contribution in [0.4, 0.5) is 0 Å². The fourth-order valence-corrected chi connectivity index (χ4v) is 3.99. The quantitative estimate of drug-likeness (QED) is 0.598. The number of nitrogens with two attached hydrogens (primary N) is 1. The molecule has 3 rings (SSSR count). The highest BCUT2D eigenvalue weighted by molar-refractivity contribution is 7.89. The molecule has 0 saturated carbocycles. The van der Waals surface area contributed by atoms with Crippen LogP contribution in [0.2, 0.25) is 0 Å². The number of pyridine rings is 2. The van der Waals surface area contributed by atoms with E-state index in [0.717, 1.165) is 11.7 Å². The summed E-state index contributed by atoms with van der Waals surface area (Å²) in [6.45, 7) is 4.21. The molecule has 0 aliphatic rings. The molecule has 0 fully saturated rings. The van der Waals surface area contributed by atoms with E-state index in [9.17, 15) is 13.2 Å². The smallest absolute Gasteiger partial charge is 0.267 e. The first-order valence-electron chi connectivity index (χ1n) is 8.45. The Hall–Kier alpha value is -3.05. The van der Waals surface area contributed by atoms with Gasteiger partial charge in [0.1, 0.15) is 21.9 Å². The number of primary amides is 1. The zero-order valence-electron chi connectivity index (χ0n) is 15.6. The van der Waals surface area contributed by atoms with E-state index in [0.29, 0.717) is 23.8 Å². The largest absolute Gasteiger partial charge is 0.481 e. The third kappa shape index (κ3) is 3.66. The highest BCUT2D eigenvalue weighted by Gasteiger charge is 2.23. The first-order valence-corrected chi connectivity index (χ1v) is 9.93. The second-order valence-corrected chi connectivity index (χ2v) is 7.73. The maximum atomic E-state index is 12.7. The van der Waals surface area contributed by atoms with Gasteiger partial charge in [0.05, 0.1) is 24.9 Å². The Labute approximate surface area is 161 Å². The van der Waals surface area contributed by atoms with Crippen LogP contribution in [0.3, 0.4) is 0 Å². The van der Waals surface area contributed by atoms with Crippen molar-refractivity contribution in [2.45, 2.75) is 31.3 Å². The summed E-state index contributed by atoms with van der Waals surface area (Å²) in [4.78, 5) is 23.4. The number of carbonyl (C=O) groups excluding carboxylic acids is 1. The van der Waals surface area contributed by atoms with Crippen LogP contribution in [-0.2, 0) is 16.6 Å². The number of hydrogen-bond donors (Lipinski definition) is 2. The number of amides is 1. The third-order valence-corrected chi connectivity index (χ3v) is 5.71. The second kappa shape index (κ2) is 7.52. The summed E-state index contributed by atoms with van der Waals surface area (Å²) >= 11 is 0. The Morgan fingerprint density at radius 2 is 2.07 bits per heavy atom. The summed E-state index contributed by atoms with van der Waals surface area (Å²) in [5, 5.41) is 0. The van der Waals surface area contributed by atoms with Crippen LogP contribution in [0.1, 0.15) is 36.2 Å². The molecule has 3 aromatic heterocycles. The molecule has 0 saturated heterocycles. The number of sulfonamides is 1. The molecule has 3 aromatic rings. The number of imidazole rings is 1. The number of fused-ring (bicyclic) bond motifs is 1. The van der Waals surface area contributed by atoms with E-state index in [1.165, 1.54) is 19.2 Å². The van der Waals surface area contributed by atoms with E-state index in [2.05, 4.69) is 19.7 Å². The minimum atomic E-state index is -3.88. The molecule has 11 heteroatoms. The van der Waals surface area contributed by atoms with Crippen LogP contribution in [0.25, 0.3) is 11.0 Å². The number of methoxy groups -OCH3 is 1. The van der Waals surface area contributed by atoms with E-state index in [4.69, 9.17) is 10.5 Å². The van der Waals surface area contributed by atoms with Gasteiger partial charge in [0.25, 0.3) is 5.91 Å². The van der Waals surface area contributed by atoms with Gasteiger partial charge in [-0.1, -0.05) is 0 Å². The van der Waals surface area contributed by atoms with Gasteiger partial charge in [-0.25, -0.2) is 28.1 Å². The summed E-state index contributed by atoms with van der Waals surface area (Å²) in [5.41, 5.74) is 6.54. The van der Waals surface area contributed by atoms with Gasteiger partial charge in [-0.05, 0) is 26.0 Å². The molecular formula is C17H20N6O4S. The van der Waals surface area contributed by atoms with E-state index in [1.54, 1.807) is 19.2 Å². The van der Waals surface area contributed by atoms with Gasteiger partial charge in [0.2, 0.25) is 15.9 Å². The van der Waals surface area contributed by atoms with Crippen molar-refractivity contribution in [2.24, 2.45) is 5.73 Å². The summed E-state index contributed by atoms with van der Waals surface area (Å²) in [6, 6.07) is 3.67. The number of aryl methyl sites for hydroxylation is 1. The molecule has 10 nitrogen and oxygen atoms in total. The SMILES string of the molecule is CCn1c([C@@H](C)NS(=O)(=O)c2ccc(C(N)=O)nc2)nc2cnc(OC)cc21. The lowest BCUT2D eigenvalue weighted by atomic mass is 10.3. The number of nitrogens with zero attached hydrogens (tertiary/aromatic N) is 4. The molecular weight excluding hydrogens is 384 g/mol. The molecule has 0 bridgehead atoms. The molecule has 0 radical (unpaired) electrons. The lowest BCUT2D eigenvalue weighted by Gasteiger charge is -2.15. The lowest BCUT2D eigenvalue weighted by Crippen LogP contribution is -2.29. The molecule has 0 spiro atoms. The highest BCUT2D eigenvalue weighted by atomic mass is 32.2. The fourth-order valence-electron chi connectivity index (χ4n) is 2.84. The first-order chi connectivity index (χ1) is 13.3. The van der Waals surface area contributed by atoms with E-state index < -0.39 is 22.0 Å². The second-order valence-electron chi connectivity index (χ2n) is 6.02. The van der Waals surface area contributed by atoms with Gasteiger partial charge in [-0.2, -0.15) is 0 Å². The molecule has 28 heavy (non-hydrogen) atoms. The molecule has 3 N–H and O–H groups in total. The predicted octanol–water partition coefficient (Wildman–Crippen LogP) is 0.993. The number of carbonyl (C=O) groups is 1. The number of ether oxygens (including phenoxy) is 1. The molecule has 0 aliphatic carbocycles. The molecule has 0 aliphatic heterocycles. The topological polar surface area (TPSA) is 142 Å². The Morgan fingerprint density at radius 1 is 1.32 bits per heavy atom. The van der Waals surface area contributed by atoms with E-state index >= 15 is 0 Å². The van der Waals surface area contributed by atoms with Crippen LogP contribution in [-0.4, -0.2) is 41.0 Å². The minimum Gasteiger partial charge on any atom is -0.481 e. The summed E-state index contributed by atoms with van der Waals surface area (Å²) in [7, 11) is -2.36. The van der Waals surface area contributed by atoms with Crippen LogP contribution in [0.5, 0.6) is 5.88 Å². The van der Waals surface area contributed by atoms with Gasteiger partial charge in [-0.3, -0.25) is 4.79 Å². The number of nitrogens with one attached hydrogen (secondary N) is 1. The van der Waals surface area contributed by atoms with Crippen LogP contribution >= 0.6 is 0 Å². The Morgan fingerprint density at radius 3 is 2.64 bits per heavy atom. The van der Waals surface area contributed by atoms with Gasteiger partial charge in [-0.15, -0.1) is 0 Å². The zero-order valence-corrected chi connectivity index (χ0v) is 16.4. The monoisotopic (exact) mass is 404 g/mol. The summed E-state index contributed by atoms with van der Waals surface area (Å²) < 4.78 is 35.0. The number of hydrogen-bond acceptors (Lipinski definition) is 7. The predicted molar refractivity (Wildman–Crippen MR) is 101 cm³/mol. The van der Waals surface area contributed by atoms with Gasteiger partial charge in [0, 0.05) is 18.8 Å². The van der Waals surface area contributed by atoms with Gasteiger partial charge in [0.15, 0.2) is 0 Å². The van der Waals surface area contributed by atoms with Gasteiger partial charge < -0.3 is 15.0 Å². The lowest BCUT2D eigenvalue weighted by molar-refractivity contribution is 0.0995. The number of rotatable bonds is 7.